The lowest BCUT2D eigenvalue weighted by Gasteiger charge is -2.18. The van der Waals surface area contributed by atoms with E-state index in [-0.39, 0.29) is 5.56 Å². The molecule has 0 fully saturated rings. The van der Waals surface area contributed by atoms with Gasteiger partial charge in [-0.25, -0.2) is 4.39 Å². The van der Waals surface area contributed by atoms with Crippen molar-refractivity contribution in [2.24, 2.45) is 0 Å². The van der Waals surface area contributed by atoms with Gasteiger partial charge < -0.3 is 4.90 Å². The molecule has 0 radical (unpaired) electrons. The highest BCUT2D eigenvalue weighted by Gasteiger charge is 2.23. The van der Waals surface area contributed by atoms with E-state index in [0.29, 0.717) is 13.1 Å². The van der Waals surface area contributed by atoms with Gasteiger partial charge in [0.15, 0.2) is 0 Å². The molecule has 0 bridgehead atoms. The van der Waals surface area contributed by atoms with Gasteiger partial charge in [-0.1, -0.05) is 0 Å². The Kier molecular flexibility index (Phi) is 4.14. The molecule has 0 spiro atoms. The van der Waals surface area contributed by atoms with Crippen molar-refractivity contribution in [1.82, 2.24) is 4.90 Å². The van der Waals surface area contributed by atoms with Crippen LogP contribution in [0.25, 0.3) is 0 Å². The summed E-state index contributed by atoms with van der Waals surface area (Å²) in [6.07, 6.45) is 0. The summed E-state index contributed by atoms with van der Waals surface area (Å²) >= 11 is 0. The van der Waals surface area contributed by atoms with Crippen molar-refractivity contribution in [3.05, 3.63) is 39.7 Å². The third kappa shape index (κ3) is 2.77. The maximum atomic E-state index is 12.9. The number of nitro groups is 1. The lowest BCUT2D eigenvalue weighted by molar-refractivity contribution is -0.385. The molecule has 0 unspecified atom stereocenters. The predicted molar refractivity (Wildman–Crippen MR) is 60.3 cm³/mol. The average molecular weight is 240 g/mol. The number of rotatable bonds is 4. The normalized spacial score (nSPS) is 10.1. The molecule has 0 N–H and O–H groups in total. The second-order valence-electron chi connectivity index (χ2n) is 3.40. The van der Waals surface area contributed by atoms with Crippen LogP contribution in [0.5, 0.6) is 0 Å². The number of benzene rings is 1. The van der Waals surface area contributed by atoms with Crippen LogP contribution in [0.3, 0.4) is 0 Å². The standard InChI is InChI=1S/C11H13FN2O3/c1-3-13(4-2)11(15)9-6-5-8(12)7-10(9)14(16)17/h5-7H,3-4H2,1-2H3. The molecule has 17 heavy (non-hydrogen) atoms. The van der Waals surface area contributed by atoms with Crippen LogP contribution in [-0.4, -0.2) is 28.8 Å². The summed E-state index contributed by atoms with van der Waals surface area (Å²) in [5.41, 5.74) is -0.581. The van der Waals surface area contributed by atoms with E-state index in [1.807, 2.05) is 0 Å². The number of nitro benzene ring substituents is 1. The third-order valence-electron chi connectivity index (χ3n) is 2.44. The van der Waals surface area contributed by atoms with E-state index in [1.54, 1.807) is 13.8 Å². The lowest BCUT2D eigenvalue weighted by atomic mass is 10.1. The minimum absolute atomic E-state index is 0.0832. The molecule has 0 aliphatic carbocycles. The van der Waals surface area contributed by atoms with Crippen LogP contribution in [-0.2, 0) is 0 Å². The topological polar surface area (TPSA) is 63.5 Å². The fourth-order valence-corrected chi connectivity index (χ4v) is 1.52. The van der Waals surface area contributed by atoms with Crippen molar-refractivity contribution in [3.63, 3.8) is 0 Å². The highest BCUT2D eigenvalue weighted by molar-refractivity contribution is 5.98. The van der Waals surface area contributed by atoms with E-state index in [4.69, 9.17) is 0 Å². The molecule has 0 aliphatic heterocycles. The molecule has 0 saturated carbocycles. The second-order valence-corrected chi connectivity index (χ2v) is 3.40. The van der Waals surface area contributed by atoms with Crippen molar-refractivity contribution >= 4 is 11.6 Å². The van der Waals surface area contributed by atoms with E-state index in [1.165, 1.54) is 4.90 Å². The Bertz CT molecular complexity index is 444. The predicted octanol–water partition coefficient (Wildman–Crippen LogP) is 2.22. The van der Waals surface area contributed by atoms with E-state index in [0.717, 1.165) is 18.2 Å². The van der Waals surface area contributed by atoms with Gasteiger partial charge in [-0.3, -0.25) is 14.9 Å². The highest BCUT2D eigenvalue weighted by atomic mass is 19.1. The Hall–Kier alpha value is -1.98. The first kappa shape index (κ1) is 13.1. The molecular formula is C11H13FN2O3. The van der Waals surface area contributed by atoms with Gasteiger partial charge in [-0.15, -0.1) is 0 Å². The van der Waals surface area contributed by atoms with E-state index in [9.17, 15) is 19.3 Å². The minimum atomic E-state index is -0.750. The Morgan fingerprint density at radius 3 is 2.47 bits per heavy atom. The van der Waals surface area contributed by atoms with Crippen molar-refractivity contribution in [3.8, 4) is 0 Å². The summed E-state index contributed by atoms with van der Waals surface area (Å²) in [5, 5.41) is 10.7. The molecule has 1 amide bonds. The van der Waals surface area contributed by atoms with E-state index < -0.39 is 22.3 Å². The number of carbonyl (C=O) groups excluding carboxylic acids is 1. The van der Waals surface area contributed by atoms with Gasteiger partial charge >= 0.3 is 0 Å². The van der Waals surface area contributed by atoms with Crippen LogP contribution in [0.4, 0.5) is 10.1 Å². The Balaban J connectivity index is 3.21. The van der Waals surface area contributed by atoms with Gasteiger partial charge in [-0.05, 0) is 26.0 Å². The van der Waals surface area contributed by atoms with Crippen LogP contribution in [0.2, 0.25) is 0 Å². The Morgan fingerprint density at radius 2 is 2.00 bits per heavy atom. The second kappa shape index (κ2) is 5.38. The number of carbonyl (C=O) groups is 1. The molecule has 0 heterocycles. The molecule has 0 aliphatic rings. The smallest absolute Gasteiger partial charge is 0.285 e. The lowest BCUT2D eigenvalue weighted by Crippen LogP contribution is -2.31. The maximum Gasteiger partial charge on any atom is 0.285 e. The van der Waals surface area contributed by atoms with Gasteiger partial charge in [0, 0.05) is 13.1 Å². The van der Waals surface area contributed by atoms with E-state index >= 15 is 0 Å². The van der Waals surface area contributed by atoms with Gasteiger partial charge in [0.25, 0.3) is 11.6 Å². The summed E-state index contributed by atoms with van der Waals surface area (Å²) in [7, 11) is 0. The first-order chi connectivity index (χ1) is 8.01. The summed E-state index contributed by atoms with van der Waals surface area (Å²) in [6, 6.07) is 2.95. The van der Waals surface area contributed by atoms with Crippen LogP contribution >= 0.6 is 0 Å². The molecule has 1 aromatic rings. The monoisotopic (exact) mass is 240 g/mol. The molecule has 1 aromatic carbocycles. The molecule has 0 saturated heterocycles. The minimum Gasteiger partial charge on any atom is -0.339 e. The van der Waals surface area contributed by atoms with Crippen molar-refractivity contribution in [1.29, 1.82) is 0 Å². The largest absolute Gasteiger partial charge is 0.339 e. The molecule has 0 aromatic heterocycles. The van der Waals surface area contributed by atoms with Crippen molar-refractivity contribution in [2.75, 3.05) is 13.1 Å². The summed E-state index contributed by atoms with van der Waals surface area (Å²) in [4.78, 5) is 23.4. The fourth-order valence-electron chi connectivity index (χ4n) is 1.52. The zero-order valence-electron chi connectivity index (χ0n) is 9.64. The quantitative estimate of drug-likeness (QED) is 0.598. The van der Waals surface area contributed by atoms with E-state index in [2.05, 4.69) is 0 Å². The van der Waals surface area contributed by atoms with Crippen LogP contribution in [0.1, 0.15) is 24.2 Å². The number of hydrogen-bond donors (Lipinski definition) is 0. The molecule has 6 heteroatoms. The Morgan fingerprint density at radius 1 is 1.41 bits per heavy atom. The summed E-state index contributed by atoms with van der Waals surface area (Å²) < 4.78 is 12.9. The highest BCUT2D eigenvalue weighted by Crippen LogP contribution is 2.21. The van der Waals surface area contributed by atoms with Gasteiger partial charge in [0.05, 0.1) is 11.0 Å². The van der Waals surface area contributed by atoms with Crippen LogP contribution in [0.15, 0.2) is 18.2 Å². The van der Waals surface area contributed by atoms with Crippen molar-refractivity contribution < 1.29 is 14.1 Å². The zero-order valence-corrected chi connectivity index (χ0v) is 9.64. The third-order valence-corrected chi connectivity index (χ3v) is 2.44. The fraction of sp³-hybridized carbons (Fsp3) is 0.364. The molecular weight excluding hydrogens is 227 g/mol. The Labute approximate surface area is 98.0 Å². The number of nitrogens with zero attached hydrogens (tertiary/aromatic N) is 2. The number of halogens is 1. The SMILES string of the molecule is CCN(CC)C(=O)c1ccc(F)cc1[N+](=O)[O-]. The van der Waals surface area contributed by atoms with Crippen molar-refractivity contribution in [2.45, 2.75) is 13.8 Å². The molecule has 5 nitrogen and oxygen atoms in total. The molecule has 0 atom stereocenters. The van der Waals surface area contributed by atoms with Gasteiger partial charge in [0.1, 0.15) is 11.4 Å². The van der Waals surface area contributed by atoms with Gasteiger partial charge in [0.2, 0.25) is 0 Å². The summed E-state index contributed by atoms with van der Waals surface area (Å²) in [6.45, 7) is 4.45. The number of amides is 1. The summed E-state index contributed by atoms with van der Waals surface area (Å²) in [5.74, 6) is -1.19. The van der Waals surface area contributed by atoms with Crippen LogP contribution < -0.4 is 0 Å². The zero-order chi connectivity index (χ0) is 13.0. The first-order valence-electron chi connectivity index (χ1n) is 5.24. The van der Waals surface area contributed by atoms with Gasteiger partial charge in [-0.2, -0.15) is 0 Å². The molecule has 92 valence electrons. The average Bonchev–Trinajstić information content (AvgIpc) is 2.30. The molecule has 1 rings (SSSR count). The van der Waals surface area contributed by atoms with Crippen LogP contribution in [0, 0.1) is 15.9 Å². The maximum absolute atomic E-state index is 12.9. The number of hydrogen-bond acceptors (Lipinski definition) is 3. The first-order valence-corrected chi connectivity index (χ1v) is 5.24.